The standard InChI is InChI=1S/C14H24N2O2/c15-10-14(5-1-6-14)13(17)16(12-2-3-12)8-11-4-7-18-9-11/h11-12H,1-10,15H2. The van der Waals surface area contributed by atoms with Crippen LogP contribution < -0.4 is 5.73 Å². The third-order valence-electron chi connectivity index (χ3n) is 4.88. The quantitative estimate of drug-likeness (QED) is 0.798. The van der Waals surface area contributed by atoms with E-state index in [4.69, 9.17) is 10.5 Å². The highest BCUT2D eigenvalue weighted by Gasteiger charge is 2.48. The SMILES string of the molecule is NCC1(C(=O)N(CC2CCOC2)C2CC2)CCC1. The highest BCUT2D eigenvalue weighted by molar-refractivity contribution is 5.84. The van der Waals surface area contributed by atoms with Crippen molar-refractivity contribution in [3.05, 3.63) is 0 Å². The van der Waals surface area contributed by atoms with E-state index in [-0.39, 0.29) is 5.41 Å². The van der Waals surface area contributed by atoms with Crippen molar-refractivity contribution in [3.8, 4) is 0 Å². The van der Waals surface area contributed by atoms with Gasteiger partial charge in [0.15, 0.2) is 0 Å². The van der Waals surface area contributed by atoms with Crippen LogP contribution >= 0.6 is 0 Å². The van der Waals surface area contributed by atoms with E-state index in [1.165, 1.54) is 12.8 Å². The van der Waals surface area contributed by atoms with Crippen LogP contribution in [0.1, 0.15) is 38.5 Å². The average Bonchev–Trinajstić information content (AvgIpc) is 3.03. The molecule has 4 heteroatoms. The molecule has 102 valence electrons. The van der Waals surface area contributed by atoms with Crippen molar-refractivity contribution in [2.24, 2.45) is 17.1 Å². The van der Waals surface area contributed by atoms with Gasteiger partial charge >= 0.3 is 0 Å². The van der Waals surface area contributed by atoms with Crippen molar-refractivity contribution in [2.75, 3.05) is 26.3 Å². The van der Waals surface area contributed by atoms with Gasteiger partial charge in [0.25, 0.3) is 0 Å². The number of carbonyl (C=O) groups is 1. The van der Waals surface area contributed by atoms with Gasteiger partial charge in [-0.2, -0.15) is 0 Å². The lowest BCUT2D eigenvalue weighted by Crippen LogP contribution is -2.53. The minimum atomic E-state index is -0.206. The van der Waals surface area contributed by atoms with Gasteiger partial charge in [0.2, 0.25) is 5.91 Å². The Morgan fingerprint density at radius 2 is 2.11 bits per heavy atom. The normalized spacial score (nSPS) is 29.9. The van der Waals surface area contributed by atoms with Gasteiger partial charge in [-0.1, -0.05) is 6.42 Å². The average molecular weight is 252 g/mol. The maximum atomic E-state index is 12.8. The maximum absolute atomic E-state index is 12.8. The van der Waals surface area contributed by atoms with E-state index in [0.717, 1.165) is 45.4 Å². The van der Waals surface area contributed by atoms with E-state index in [1.807, 2.05) is 0 Å². The Morgan fingerprint density at radius 3 is 2.56 bits per heavy atom. The summed E-state index contributed by atoms with van der Waals surface area (Å²) in [5.74, 6) is 0.884. The molecule has 2 N–H and O–H groups in total. The molecule has 1 aliphatic heterocycles. The Kier molecular flexibility index (Phi) is 3.32. The summed E-state index contributed by atoms with van der Waals surface area (Å²) < 4.78 is 5.43. The third kappa shape index (κ3) is 2.16. The smallest absolute Gasteiger partial charge is 0.230 e. The Labute approximate surface area is 109 Å². The van der Waals surface area contributed by atoms with Gasteiger partial charge in [0.05, 0.1) is 12.0 Å². The fraction of sp³-hybridized carbons (Fsp3) is 0.929. The fourth-order valence-electron chi connectivity index (χ4n) is 3.20. The minimum Gasteiger partial charge on any atom is -0.381 e. The Bertz CT molecular complexity index is 312. The van der Waals surface area contributed by atoms with E-state index in [1.54, 1.807) is 0 Å². The summed E-state index contributed by atoms with van der Waals surface area (Å²) >= 11 is 0. The van der Waals surface area contributed by atoms with Crippen LogP contribution in [-0.4, -0.2) is 43.2 Å². The van der Waals surface area contributed by atoms with Crippen molar-refractivity contribution >= 4 is 5.91 Å². The lowest BCUT2D eigenvalue weighted by molar-refractivity contribution is -0.148. The summed E-state index contributed by atoms with van der Waals surface area (Å²) in [5.41, 5.74) is 5.66. The maximum Gasteiger partial charge on any atom is 0.230 e. The lowest BCUT2D eigenvalue weighted by atomic mass is 9.67. The fourth-order valence-corrected chi connectivity index (χ4v) is 3.20. The molecule has 18 heavy (non-hydrogen) atoms. The predicted molar refractivity (Wildman–Crippen MR) is 69.0 cm³/mol. The molecule has 0 aromatic rings. The summed E-state index contributed by atoms with van der Waals surface area (Å²) in [6.45, 7) is 3.10. The molecule has 3 rings (SSSR count). The van der Waals surface area contributed by atoms with E-state index in [0.29, 0.717) is 24.4 Å². The van der Waals surface area contributed by atoms with E-state index < -0.39 is 0 Å². The van der Waals surface area contributed by atoms with Gasteiger partial charge in [-0.05, 0) is 32.1 Å². The van der Waals surface area contributed by atoms with Crippen molar-refractivity contribution in [1.82, 2.24) is 4.90 Å². The molecule has 1 amide bonds. The first-order valence-electron chi connectivity index (χ1n) is 7.34. The van der Waals surface area contributed by atoms with Gasteiger partial charge in [-0.25, -0.2) is 0 Å². The summed E-state index contributed by atoms with van der Waals surface area (Å²) in [4.78, 5) is 14.9. The third-order valence-corrected chi connectivity index (χ3v) is 4.88. The Balaban J connectivity index is 1.66. The van der Waals surface area contributed by atoms with E-state index in [9.17, 15) is 4.79 Å². The van der Waals surface area contributed by atoms with Crippen molar-refractivity contribution in [3.63, 3.8) is 0 Å². The zero-order valence-corrected chi connectivity index (χ0v) is 11.1. The molecule has 1 atom stereocenters. The minimum absolute atomic E-state index is 0.206. The van der Waals surface area contributed by atoms with Gasteiger partial charge in [-0.15, -0.1) is 0 Å². The monoisotopic (exact) mass is 252 g/mol. The molecule has 4 nitrogen and oxygen atoms in total. The number of amides is 1. The summed E-state index contributed by atoms with van der Waals surface area (Å²) in [6, 6.07) is 0.502. The van der Waals surface area contributed by atoms with Crippen LogP contribution in [0, 0.1) is 11.3 Å². The number of hydrogen-bond donors (Lipinski definition) is 1. The first kappa shape index (κ1) is 12.4. The van der Waals surface area contributed by atoms with Crippen LogP contribution in [-0.2, 0) is 9.53 Å². The number of rotatable bonds is 5. The molecule has 1 saturated heterocycles. The van der Waals surface area contributed by atoms with Crippen LogP contribution in [0.5, 0.6) is 0 Å². The Hall–Kier alpha value is -0.610. The van der Waals surface area contributed by atoms with Crippen molar-refractivity contribution in [2.45, 2.75) is 44.6 Å². The van der Waals surface area contributed by atoms with Gasteiger partial charge in [0.1, 0.15) is 0 Å². The molecule has 3 aliphatic rings. The molecule has 2 aliphatic carbocycles. The largest absolute Gasteiger partial charge is 0.381 e. The van der Waals surface area contributed by atoms with Crippen molar-refractivity contribution < 1.29 is 9.53 Å². The first-order chi connectivity index (χ1) is 8.75. The second-order valence-electron chi connectivity index (χ2n) is 6.26. The molecule has 0 bridgehead atoms. The van der Waals surface area contributed by atoms with Crippen LogP contribution in [0.2, 0.25) is 0 Å². The van der Waals surface area contributed by atoms with Crippen LogP contribution in [0.25, 0.3) is 0 Å². The number of nitrogens with two attached hydrogens (primary N) is 1. The zero-order valence-electron chi connectivity index (χ0n) is 11.1. The summed E-state index contributed by atoms with van der Waals surface area (Å²) in [7, 11) is 0. The van der Waals surface area contributed by atoms with Crippen LogP contribution in [0.3, 0.4) is 0 Å². The second kappa shape index (κ2) is 4.82. The molecule has 0 radical (unpaired) electrons. The van der Waals surface area contributed by atoms with E-state index in [2.05, 4.69) is 4.90 Å². The molecule has 1 heterocycles. The predicted octanol–water partition coefficient (Wildman–Crippen LogP) is 1.14. The molecule has 0 aromatic heterocycles. The lowest BCUT2D eigenvalue weighted by Gasteiger charge is -2.43. The Morgan fingerprint density at radius 1 is 1.33 bits per heavy atom. The number of carbonyl (C=O) groups excluding carboxylic acids is 1. The van der Waals surface area contributed by atoms with Crippen LogP contribution in [0.4, 0.5) is 0 Å². The first-order valence-corrected chi connectivity index (χ1v) is 7.34. The number of ether oxygens (including phenoxy) is 1. The van der Waals surface area contributed by atoms with E-state index >= 15 is 0 Å². The van der Waals surface area contributed by atoms with Gasteiger partial charge in [-0.3, -0.25) is 4.79 Å². The van der Waals surface area contributed by atoms with Gasteiger partial charge in [0, 0.05) is 31.7 Å². The molecular weight excluding hydrogens is 228 g/mol. The molecule has 0 spiro atoms. The highest BCUT2D eigenvalue weighted by atomic mass is 16.5. The molecular formula is C14H24N2O2. The second-order valence-corrected chi connectivity index (χ2v) is 6.26. The topological polar surface area (TPSA) is 55.6 Å². The molecule has 3 fully saturated rings. The number of hydrogen-bond acceptors (Lipinski definition) is 3. The van der Waals surface area contributed by atoms with Crippen molar-refractivity contribution in [1.29, 1.82) is 0 Å². The zero-order chi connectivity index (χ0) is 12.6. The summed E-state index contributed by atoms with van der Waals surface area (Å²) in [6.07, 6.45) is 6.61. The van der Waals surface area contributed by atoms with Crippen LogP contribution in [0.15, 0.2) is 0 Å². The number of nitrogens with zero attached hydrogens (tertiary/aromatic N) is 1. The molecule has 2 saturated carbocycles. The molecule has 0 aromatic carbocycles. The van der Waals surface area contributed by atoms with Gasteiger partial charge < -0.3 is 15.4 Å². The molecule has 1 unspecified atom stereocenters. The highest BCUT2D eigenvalue weighted by Crippen LogP contribution is 2.44. The summed E-state index contributed by atoms with van der Waals surface area (Å²) in [5, 5.41) is 0.